The standard InChI is InChI=1S/C7H12F3NO/c1-5-4-11(12)3-2-6(5)7(8,9)10/h5-6,12H,2-4H2,1H3. The van der Waals surface area contributed by atoms with Gasteiger partial charge in [0.25, 0.3) is 0 Å². The van der Waals surface area contributed by atoms with E-state index in [1.165, 1.54) is 6.92 Å². The Morgan fingerprint density at radius 3 is 2.42 bits per heavy atom. The quantitative estimate of drug-likeness (QED) is 0.620. The summed E-state index contributed by atoms with van der Waals surface area (Å²) in [5.74, 6) is -1.76. The molecule has 5 heteroatoms. The Bertz CT molecular complexity index is 159. The Hall–Kier alpha value is -0.290. The van der Waals surface area contributed by atoms with E-state index in [2.05, 4.69) is 0 Å². The maximum absolute atomic E-state index is 12.2. The lowest BCUT2D eigenvalue weighted by Gasteiger charge is -2.34. The molecule has 0 aromatic carbocycles. The number of halogens is 3. The van der Waals surface area contributed by atoms with E-state index in [0.29, 0.717) is 0 Å². The highest BCUT2D eigenvalue weighted by Crippen LogP contribution is 2.37. The summed E-state index contributed by atoms with van der Waals surface area (Å²) < 4.78 is 36.7. The number of rotatable bonds is 0. The molecule has 1 aliphatic heterocycles. The fourth-order valence-corrected chi connectivity index (χ4v) is 1.61. The molecule has 0 aromatic heterocycles. The SMILES string of the molecule is CC1CN(O)CCC1C(F)(F)F. The van der Waals surface area contributed by atoms with Crippen LogP contribution in [0, 0.1) is 11.8 Å². The number of hydrogen-bond donors (Lipinski definition) is 1. The highest BCUT2D eigenvalue weighted by molar-refractivity contribution is 4.79. The van der Waals surface area contributed by atoms with E-state index in [1.54, 1.807) is 0 Å². The van der Waals surface area contributed by atoms with Crippen LogP contribution in [-0.2, 0) is 0 Å². The molecule has 2 unspecified atom stereocenters. The van der Waals surface area contributed by atoms with Gasteiger partial charge in [-0.2, -0.15) is 18.2 Å². The summed E-state index contributed by atoms with van der Waals surface area (Å²) >= 11 is 0. The summed E-state index contributed by atoms with van der Waals surface area (Å²) in [5.41, 5.74) is 0. The molecule has 1 rings (SSSR count). The molecule has 1 heterocycles. The van der Waals surface area contributed by atoms with E-state index in [9.17, 15) is 13.2 Å². The van der Waals surface area contributed by atoms with Crippen molar-refractivity contribution in [1.82, 2.24) is 5.06 Å². The summed E-state index contributed by atoms with van der Waals surface area (Å²) in [4.78, 5) is 0. The number of piperidine rings is 1. The molecular formula is C7H12F3NO. The highest BCUT2D eigenvalue weighted by Gasteiger charge is 2.44. The van der Waals surface area contributed by atoms with Crippen molar-refractivity contribution in [2.45, 2.75) is 19.5 Å². The first-order valence-corrected chi connectivity index (χ1v) is 3.92. The molecule has 0 saturated carbocycles. The van der Waals surface area contributed by atoms with Crippen LogP contribution in [0.3, 0.4) is 0 Å². The van der Waals surface area contributed by atoms with E-state index < -0.39 is 18.0 Å². The Balaban J connectivity index is 2.57. The lowest BCUT2D eigenvalue weighted by Crippen LogP contribution is -2.43. The monoisotopic (exact) mass is 183 g/mol. The summed E-state index contributed by atoms with van der Waals surface area (Å²) in [6.45, 7) is 1.75. The van der Waals surface area contributed by atoms with E-state index in [-0.39, 0.29) is 19.5 Å². The average Bonchev–Trinajstić information content (AvgIpc) is 1.83. The third-order valence-electron chi connectivity index (χ3n) is 2.30. The van der Waals surface area contributed by atoms with Gasteiger partial charge in [0, 0.05) is 13.1 Å². The van der Waals surface area contributed by atoms with E-state index >= 15 is 0 Å². The maximum Gasteiger partial charge on any atom is 0.392 e. The Kier molecular flexibility index (Phi) is 2.63. The van der Waals surface area contributed by atoms with Crippen molar-refractivity contribution >= 4 is 0 Å². The van der Waals surface area contributed by atoms with Crippen LogP contribution in [0.15, 0.2) is 0 Å². The van der Waals surface area contributed by atoms with Gasteiger partial charge in [0.05, 0.1) is 5.92 Å². The van der Waals surface area contributed by atoms with Crippen LogP contribution in [0.4, 0.5) is 13.2 Å². The molecule has 1 N–H and O–H groups in total. The van der Waals surface area contributed by atoms with E-state index in [0.717, 1.165) is 5.06 Å². The number of alkyl halides is 3. The lowest BCUT2D eigenvalue weighted by atomic mass is 9.87. The van der Waals surface area contributed by atoms with Crippen molar-refractivity contribution in [2.75, 3.05) is 13.1 Å². The van der Waals surface area contributed by atoms with Gasteiger partial charge in [-0.05, 0) is 12.3 Å². The summed E-state index contributed by atoms with van der Waals surface area (Å²) in [5, 5.41) is 9.88. The molecule has 12 heavy (non-hydrogen) atoms. The fraction of sp³-hybridized carbons (Fsp3) is 1.00. The van der Waals surface area contributed by atoms with Gasteiger partial charge in [0.1, 0.15) is 0 Å². The molecule has 0 amide bonds. The summed E-state index contributed by atoms with van der Waals surface area (Å²) in [7, 11) is 0. The Morgan fingerprint density at radius 1 is 1.42 bits per heavy atom. The molecule has 0 bridgehead atoms. The van der Waals surface area contributed by atoms with Crippen LogP contribution in [-0.4, -0.2) is 29.5 Å². The van der Waals surface area contributed by atoms with Gasteiger partial charge in [-0.3, -0.25) is 0 Å². The third kappa shape index (κ3) is 2.10. The second kappa shape index (κ2) is 3.22. The second-order valence-corrected chi connectivity index (χ2v) is 3.33. The smallest absolute Gasteiger partial charge is 0.314 e. The molecule has 2 nitrogen and oxygen atoms in total. The minimum absolute atomic E-state index is 0.00116. The molecule has 0 spiro atoms. The van der Waals surface area contributed by atoms with Crippen molar-refractivity contribution < 1.29 is 18.4 Å². The van der Waals surface area contributed by atoms with Gasteiger partial charge in [0.15, 0.2) is 0 Å². The van der Waals surface area contributed by atoms with Gasteiger partial charge in [0.2, 0.25) is 0 Å². The van der Waals surface area contributed by atoms with Crippen LogP contribution in [0.25, 0.3) is 0 Å². The molecule has 1 fully saturated rings. The van der Waals surface area contributed by atoms with Crippen LogP contribution in [0.2, 0.25) is 0 Å². The zero-order valence-electron chi connectivity index (χ0n) is 6.80. The zero-order valence-corrected chi connectivity index (χ0v) is 6.80. The van der Waals surface area contributed by atoms with Gasteiger partial charge in [-0.25, -0.2) is 0 Å². The number of hydrogen-bond acceptors (Lipinski definition) is 2. The molecule has 0 aromatic rings. The number of hydroxylamine groups is 2. The topological polar surface area (TPSA) is 23.5 Å². The fourth-order valence-electron chi connectivity index (χ4n) is 1.61. The Labute approximate surface area is 68.9 Å². The second-order valence-electron chi connectivity index (χ2n) is 3.33. The van der Waals surface area contributed by atoms with Gasteiger partial charge < -0.3 is 5.21 Å². The van der Waals surface area contributed by atoms with E-state index in [4.69, 9.17) is 5.21 Å². The highest BCUT2D eigenvalue weighted by atomic mass is 19.4. The van der Waals surface area contributed by atoms with Crippen molar-refractivity contribution in [1.29, 1.82) is 0 Å². The first kappa shape index (κ1) is 9.80. The molecule has 72 valence electrons. The molecule has 1 saturated heterocycles. The lowest BCUT2D eigenvalue weighted by molar-refractivity contribution is -0.221. The van der Waals surface area contributed by atoms with Crippen LogP contribution in [0.1, 0.15) is 13.3 Å². The minimum atomic E-state index is -4.11. The summed E-state index contributed by atoms with van der Waals surface area (Å²) in [6, 6.07) is 0. The van der Waals surface area contributed by atoms with Gasteiger partial charge in [-0.15, -0.1) is 0 Å². The number of nitrogens with zero attached hydrogens (tertiary/aromatic N) is 1. The normalized spacial score (nSPS) is 33.8. The van der Waals surface area contributed by atoms with Gasteiger partial charge in [-0.1, -0.05) is 6.92 Å². The van der Waals surface area contributed by atoms with Crippen molar-refractivity contribution in [3.8, 4) is 0 Å². The van der Waals surface area contributed by atoms with Crippen molar-refractivity contribution in [3.63, 3.8) is 0 Å². The van der Waals surface area contributed by atoms with Gasteiger partial charge >= 0.3 is 6.18 Å². The molecular weight excluding hydrogens is 171 g/mol. The molecule has 2 atom stereocenters. The maximum atomic E-state index is 12.2. The Morgan fingerprint density at radius 2 is 2.00 bits per heavy atom. The third-order valence-corrected chi connectivity index (χ3v) is 2.30. The first-order chi connectivity index (χ1) is 5.41. The zero-order chi connectivity index (χ0) is 9.35. The minimum Gasteiger partial charge on any atom is -0.314 e. The molecule has 0 radical (unpaired) electrons. The predicted molar refractivity (Wildman–Crippen MR) is 36.7 cm³/mol. The van der Waals surface area contributed by atoms with Crippen molar-refractivity contribution in [3.05, 3.63) is 0 Å². The average molecular weight is 183 g/mol. The predicted octanol–water partition coefficient (Wildman–Crippen LogP) is 1.90. The summed E-state index contributed by atoms with van der Waals surface area (Å²) in [6.07, 6.45) is -4.11. The van der Waals surface area contributed by atoms with Crippen molar-refractivity contribution in [2.24, 2.45) is 11.8 Å². The molecule has 1 aliphatic rings. The van der Waals surface area contributed by atoms with Crippen LogP contribution in [0.5, 0.6) is 0 Å². The largest absolute Gasteiger partial charge is 0.392 e. The molecule has 0 aliphatic carbocycles. The first-order valence-electron chi connectivity index (χ1n) is 3.92. The van der Waals surface area contributed by atoms with E-state index in [1.807, 2.05) is 0 Å². The van der Waals surface area contributed by atoms with Crippen LogP contribution >= 0.6 is 0 Å². The van der Waals surface area contributed by atoms with Crippen LogP contribution < -0.4 is 0 Å².